The van der Waals surface area contributed by atoms with Gasteiger partial charge in [0.15, 0.2) is 5.96 Å². The predicted octanol–water partition coefficient (Wildman–Crippen LogP) is 3.47. The number of hydrogen-bond acceptors (Lipinski definition) is 2. The van der Waals surface area contributed by atoms with Crippen molar-refractivity contribution in [3.63, 3.8) is 0 Å². The van der Waals surface area contributed by atoms with Crippen LogP contribution in [0.2, 0.25) is 5.02 Å². The quantitative estimate of drug-likeness (QED) is 0.390. The van der Waals surface area contributed by atoms with Gasteiger partial charge in [-0.15, -0.1) is 24.0 Å². The molecule has 1 aromatic carbocycles. The van der Waals surface area contributed by atoms with E-state index >= 15 is 0 Å². The highest BCUT2D eigenvalue weighted by Crippen LogP contribution is 2.28. The average Bonchev–Trinajstić information content (AvgIpc) is 3.30. The van der Waals surface area contributed by atoms with Crippen molar-refractivity contribution in [1.82, 2.24) is 10.6 Å². The van der Waals surface area contributed by atoms with Gasteiger partial charge < -0.3 is 15.4 Å². The molecule has 1 saturated carbocycles. The maximum atomic E-state index is 6.24. The average molecular weight is 438 g/mol. The van der Waals surface area contributed by atoms with Crippen molar-refractivity contribution in [2.75, 3.05) is 26.7 Å². The van der Waals surface area contributed by atoms with Gasteiger partial charge in [0.1, 0.15) is 5.75 Å². The summed E-state index contributed by atoms with van der Waals surface area (Å²) >= 11 is 6.24. The number of benzene rings is 1. The van der Waals surface area contributed by atoms with Crippen molar-refractivity contribution in [2.45, 2.75) is 26.2 Å². The Morgan fingerprint density at radius 2 is 2.14 bits per heavy atom. The van der Waals surface area contributed by atoms with Gasteiger partial charge in [-0.05, 0) is 49.8 Å². The van der Waals surface area contributed by atoms with Crippen LogP contribution in [-0.2, 0) is 6.42 Å². The molecule has 1 fully saturated rings. The summed E-state index contributed by atoms with van der Waals surface area (Å²) in [6.45, 7) is 4.69. The third-order valence-corrected chi connectivity index (χ3v) is 3.85. The second kappa shape index (κ2) is 10.2. The third-order valence-electron chi connectivity index (χ3n) is 3.50. The molecule has 1 aliphatic rings. The molecule has 1 aromatic rings. The zero-order valence-electron chi connectivity index (χ0n) is 13.2. The topological polar surface area (TPSA) is 45.7 Å². The smallest absolute Gasteiger partial charge is 0.191 e. The molecule has 6 heteroatoms. The summed E-state index contributed by atoms with van der Waals surface area (Å²) in [4.78, 5) is 4.60. The fourth-order valence-corrected chi connectivity index (χ4v) is 2.30. The lowest BCUT2D eigenvalue weighted by molar-refractivity contribution is 0.414. The van der Waals surface area contributed by atoms with E-state index in [1.165, 1.54) is 12.8 Å². The highest BCUT2D eigenvalue weighted by Gasteiger charge is 2.20. The maximum absolute atomic E-state index is 6.24. The van der Waals surface area contributed by atoms with Crippen LogP contribution in [0.1, 0.15) is 25.3 Å². The maximum Gasteiger partial charge on any atom is 0.191 e. The monoisotopic (exact) mass is 437 g/mol. The van der Waals surface area contributed by atoms with Crippen LogP contribution < -0.4 is 15.4 Å². The zero-order chi connectivity index (χ0) is 15.1. The van der Waals surface area contributed by atoms with Crippen LogP contribution in [0.25, 0.3) is 0 Å². The highest BCUT2D eigenvalue weighted by atomic mass is 127. The molecule has 0 bridgehead atoms. The highest BCUT2D eigenvalue weighted by molar-refractivity contribution is 14.0. The summed E-state index contributed by atoms with van der Waals surface area (Å²) < 4.78 is 5.16. The Morgan fingerprint density at radius 3 is 2.73 bits per heavy atom. The Kier molecular flexibility index (Phi) is 8.93. The third kappa shape index (κ3) is 6.60. The molecule has 1 aliphatic carbocycles. The molecule has 2 N–H and O–H groups in total. The molecular weight excluding hydrogens is 413 g/mol. The minimum absolute atomic E-state index is 0. The van der Waals surface area contributed by atoms with E-state index in [0.717, 1.165) is 54.3 Å². The molecule has 124 valence electrons. The van der Waals surface area contributed by atoms with Gasteiger partial charge in [-0.3, -0.25) is 4.99 Å². The molecule has 0 spiro atoms. The van der Waals surface area contributed by atoms with Crippen molar-refractivity contribution >= 4 is 41.5 Å². The number of hydrogen-bond donors (Lipinski definition) is 2. The van der Waals surface area contributed by atoms with Crippen LogP contribution in [0, 0.1) is 5.92 Å². The molecule has 0 saturated heterocycles. The number of ether oxygens (including phenoxy) is 1. The second-order valence-corrected chi connectivity index (χ2v) is 5.70. The molecule has 2 rings (SSSR count). The summed E-state index contributed by atoms with van der Waals surface area (Å²) in [6, 6.07) is 5.80. The minimum Gasteiger partial charge on any atom is -0.497 e. The number of halogens is 2. The predicted molar refractivity (Wildman–Crippen MR) is 104 cm³/mol. The normalized spacial score (nSPS) is 14.2. The lowest BCUT2D eigenvalue weighted by Crippen LogP contribution is -2.38. The fourth-order valence-electron chi connectivity index (χ4n) is 2.04. The van der Waals surface area contributed by atoms with E-state index in [1.807, 2.05) is 18.2 Å². The Morgan fingerprint density at radius 1 is 1.36 bits per heavy atom. The Balaban J connectivity index is 0.00000242. The van der Waals surface area contributed by atoms with Gasteiger partial charge in [0.25, 0.3) is 0 Å². The van der Waals surface area contributed by atoms with Crippen LogP contribution in [0.3, 0.4) is 0 Å². The van der Waals surface area contributed by atoms with Gasteiger partial charge in [0.2, 0.25) is 0 Å². The molecule has 0 heterocycles. The van der Waals surface area contributed by atoms with Gasteiger partial charge in [-0.2, -0.15) is 0 Å². The van der Waals surface area contributed by atoms with Crippen molar-refractivity contribution in [1.29, 1.82) is 0 Å². The lowest BCUT2D eigenvalue weighted by atomic mass is 10.1. The van der Waals surface area contributed by atoms with E-state index in [-0.39, 0.29) is 24.0 Å². The van der Waals surface area contributed by atoms with Crippen LogP contribution >= 0.6 is 35.6 Å². The summed E-state index contributed by atoms with van der Waals surface area (Å²) in [5, 5.41) is 7.37. The SMILES string of the molecule is CCNC(=NCC1CC1)NCCc1ccc(OC)cc1Cl.I. The first kappa shape index (κ1) is 19.4. The molecule has 0 aliphatic heterocycles. The summed E-state index contributed by atoms with van der Waals surface area (Å²) in [5.74, 6) is 2.49. The number of nitrogens with zero attached hydrogens (tertiary/aromatic N) is 1. The van der Waals surface area contributed by atoms with Gasteiger partial charge >= 0.3 is 0 Å². The number of methoxy groups -OCH3 is 1. The molecule has 0 atom stereocenters. The molecule has 0 aromatic heterocycles. The van der Waals surface area contributed by atoms with Gasteiger partial charge in [0, 0.05) is 24.7 Å². The molecule has 22 heavy (non-hydrogen) atoms. The van der Waals surface area contributed by atoms with E-state index in [2.05, 4.69) is 22.5 Å². The van der Waals surface area contributed by atoms with Crippen LogP contribution in [0.5, 0.6) is 5.75 Å². The standard InChI is InChI=1S/C16H24ClN3O.HI/c1-3-18-16(20-11-12-4-5-12)19-9-8-13-6-7-14(21-2)10-15(13)17;/h6-7,10,12H,3-5,8-9,11H2,1-2H3,(H2,18,19,20);1H. The number of aliphatic imine (C=N–C) groups is 1. The molecule has 4 nitrogen and oxygen atoms in total. The van der Waals surface area contributed by atoms with E-state index in [9.17, 15) is 0 Å². The van der Waals surface area contributed by atoms with E-state index in [4.69, 9.17) is 16.3 Å². The van der Waals surface area contributed by atoms with Crippen molar-refractivity contribution in [2.24, 2.45) is 10.9 Å². The first-order valence-electron chi connectivity index (χ1n) is 7.57. The number of guanidine groups is 1. The molecule has 0 amide bonds. The van der Waals surface area contributed by atoms with Crippen molar-refractivity contribution in [3.05, 3.63) is 28.8 Å². The summed E-state index contributed by atoms with van der Waals surface area (Å²) in [6.07, 6.45) is 3.51. The second-order valence-electron chi connectivity index (χ2n) is 5.30. The Bertz CT molecular complexity index is 492. The zero-order valence-corrected chi connectivity index (χ0v) is 16.3. The van der Waals surface area contributed by atoms with E-state index < -0.39 is 0 Å². The Hall–Kier alpha value is -0.690. The van der Waals surface area contributed by atoms with Gasteiger partial charge in [-0.25, -0.2) is 0 Å². The Labute approximate surface area is 155 Å². The van der Waals surface area contributed by atoms with E-state index in [0.29, 0.717) is 0 Å². The van der Waals surface area contributed by atoms with Gasteiger partial charge in [-0.1, -0.05) is 17.7 Å². The summed E-state index contributed by atoms with van der Waals surface area (Å²) in [7, 11) is 1.64. The largest absolute Gasteiger partial charge is 0.497 e. The first-order chi connectivity index (χ1) is 10.2. The van der Waals surface area contributed by atoms with Crippen molar-refractivity contribution in [3.8, 4) is 5.75 Å². The van der Waals surface area contributed by atoms with Crippen LogP contribution in [-0.4, -0.2) is 32.7 Å². The van der Waals surface area contributed by atoms with Crippen molar-refractivity contribution < 1.29 is 4.74 Å². The van der Waals surface area contributed by atoms with Crippen LogP contribution in [0.15, 0.2) is 23.2 Å². The van der Waals surface area contributed by atoms with Gasteiger partial charge in [0.05, 0.1) is 7.11 Å². The first-order valence-corrected chi connectivity index (χ1v) is 7.95. The molecule has 0 radical (unpaired) electrons. The lowest BCUT2D eigenvalue weighted by Gasteiger charge is -2.12. The number of nitrogens with one attached hydrogen (secondary N) is 2. The van der Waals surface area contributed by atoms with Crippen LogP contribution in [0.4, 0.5) is 0 Å². The molecular formula is C16H25ClIN3O. The molecule has 0 unspecified atom stereocenters. The number of rotatable bonds is 7. The summed E-state index contributed by atoms with van der Waals surface area (Å²) in [5.41, 5.74) is 1.11. The fraction of sp³-hybridized carbons (Fsp3) is 0.562. The minimum atomic E-state index is 0. The van der Waals surface area contributed by atoms with E-state index in [1.54, 1.807) is 7.11 Å².